The molecule has 3 rings (SSSR count). The molecule has 0 aliphatic heterocycles. The Bertz CT molecular complexity index is 677. The number of aliphatic hydroxyl groups excluding tert-OH is 1. The largest absolute Gasteiger partial charge is 0.383 e. The SMILES string of the molecule is Cc1cc(NC(=O)[C@@H](O)Cc2ccccc2)nn1C(C)C1CC1. The van der Waals surface area contributed by atoms with E-state index in [0.29, 0.717) is 24.2 Å². The number of aryl methyl sites for hydroxylation is 1. The van der Waals surface area contributed by atoms with Crippen LogP contribution in [-0.4, -0.2) is 26.9 Å². The summed E-state index contributed by atoms with van der Waals surface area (Å²) in [6, 6.07) is 11.7. The van der Waals surface area contributed by atoms with Gasteiger partial charge in [0.2, 0.25) is 0 Å². The Morgan fingerprint density at radius 3 is 2.74 bits per heavy atom. The highest BCUT2D eigenvalue weighted by molar-refractivity contribution is 5.93. The predicted molar refractivity (Wildman–Crippen MR) is 89.2 cm³/mol. The molecule has 5 nitrogen and oxygen atoms in total. The molecule has 1 fully saturated rings. The lowest BCUT2D eigenvalue weighted by Crippen LogP contribution is -2.29. The number of hydrogen-bond donors (Lipinski definition) is 2. The number of nitrogens with zero attached hydrogens (tertiary/aromatic N) is 2. The maximum absolute atomic E-state index is 12.1. The quantitative estimate of drug-likeness (QED) is 0.861. The van der Waals surface area contributed by atoms with Crippen LogP contribution in [0.15, 0.2) is 36.4 Å². The van der Waals surface area contributed by atoms with Crippen molar-refractivity contribution in [2.45, 2.75) is 45.3 Å². The summed E-state index contributed by atoms with van der Waals surface area (Å²) in [7, 11) is 0. The molecule has 0 bridgehead atoms. The van der Waals surface area contributed by atoms with Gasteiger partial charge in [-0.25, -0.2) is 0 Å². The van der Waals surface area contributed by atoms with Crippen molar-refractivity contribution < 1.29 is 9.90 Å². The molecule has 23 heavy (non-hydrogen) atoms. The van der Waals surface area contributed by atoms with Crippen molar-refractivity contribution in [1.82, 2.24) is 9.78 Å². The van der Waals surface area contributed by atoms with Gasteiger partial charge >= 0.3 is 0 Å². The van der Waals surface area contributed by atoms with E-state index in [2.05, 4.69) is 17.3 Å². The fourth-order valence-corrected chi connectivity index (χ4v) is 2.88. The number of aromatic nitrogens is 2. The summed E-state index contributed by atoms with van der Waals surface area (Å²) in [5.41, 5.74) is 1.96. The molecule has 1 aliphatic rings. The third-order valence-corrected chi connectivity index (χ3v) is 4.44. The monoisotopic (exact) mass is 313 g/mol. The first kappa shape index (κ1) is 15.7. The van der Waals surface area contributed by atoms with Crippen LogP contribution in [-0.2, 0) is 11.2 Å². The van der Waals surface area contributed by atoms with Crippen LogP contribution in [0.4, 0.5) is 5.82 Å². The second-order valence-corrected chi connectivity index (χ2v) is 6.39. The number of nitrogens with one attached hydrogen (secondary N) is 1. The van der Waals surface area contributed by atoms with E-state index < -0.39 is 12.0 Å². The highest BCUT2D eigenvalue weighted by Crippen LogP contribution is 2.39. The van der Waals surface area contributed by atoms with Gasteiger partial charge in [-0.3, -0.25) is 9.48 Å². The third-order valence-electron chi connectivity index (χ3n) is 4.44. The van der Waals surface area contributed by atoms with E-state index in [9.17, 15) is 9.90 Å². The van der Waals surface area contributed by atoms with E-state index >= 15 is 0 Å². The number of aliphatic hydroxyl groups is 1. The zero-order chi connectivity index (χ0) is 16.4. The van der Waals surface area contributed by atoms with Crippen LogP contribution in [0, 0.1) is 12.8 Å². The minimum Gasteiger partial charge on any atom is -0.383 e. The number of carbonyl (C=O) groups excluding carboxylic acids is 1. The van der Waals surface area contributed by atoms with Crippen LogP contribution >= 0.6 is 0 Å². The molecule has 2 atom stereocenters. The maximum atomic E-state index is 12.1. The summed E-state index contributed by atoms with van der Waals surface area (Å²) < 4.78 is 1.97. The molecule has 1 aromatic heterocycles. The zero-order valence-corrected chi connectivity index (χ0v) is 13.6. The number of hydrogen-bond acceptors (Lipinski definition) is 3. The lowest BCUT2D eigenvalue weighted by atomic mass is 10.1. The zero-order valence-electron chi connectivity index (χ0n) is 13.6. The van der Waals surface area contributed by atoms with Crippen LogP contribution < -0.4 is 5.32 Å². The molecule has 0 radical (unpaired) electrons. The second-order valence-electron chi connectivity index (χ2n) is 6.39. The fourth-order valence-electron chi connectivity index (χ4n) is 2.88. The van der Waals surface area contributed by atoms with Crippen molar-refractivity contribution in [3.63, 3.8) is 0 Å². The molecule has 1 amide bonds. The number of carbonyl (C=O) groups is 1. The molecular formula is C18H23N3O2. The molecule has 1 saturated carbocycles. The highest BCUT2D eigenvalue weighted by atomic mass is 16.3. The summed E-state index contributed by atoms with van der Waals surface area (Å²) in [6.45, 7) is 4.15. The number of anilines is 1. The van der Waals surface area contributed by atoms with Gasteiger partial charge in [-0.1, -0.05) is 30.3 Å². The Morgan fingerprint density at radius 1 is 1.39 bits per heavy atom. The van der Waals surface area contributed by atoms with Gasteiger partial charge in [-0.15, -0.1) is 0 Å². The first-order chi connectivity index (χ1) is 11.0. The number of rotatable bonds is 6. The minimum absolute atomic E-state index is 0.296. The van der Waals surface area contributed by atoms with E-state index in [1.807, 2.05) is 48.0 Å². The Kier molecular flexibility index (Phi) is 4.48. The highest BCUT2D eigenvalue weighted by Gasteiger charge is 2.30. The van der Waals surface area contributed by atoms with Gasteiger partial charge in [0.05, 0.1) is 6.04 Å². The molecule has 1 heterocycles. The molecule has 1 aromatic carbocycles. The van der Waals surface area contributed by atoms with Crippen LogP contribution in [0.5, 0.6) is 0 Å². The van der Waals surface area contributed by atoms with Crippen molar-refractivity contribution >= 4 is 11.7 Å². The molecule has 2 N–H and O–H groups in total. The van der Waals surface area contributed by atoms with Gasteiger partial charge in [0.1, 0.15) is 6.10 Å². The van der Waals surface area contributed by atoms with Gasteiger partial charge in [0.25, 0.3) is 5.91 Å². The summed E-state index contributed by atoms with van der Waals surface area (Å²) in [5, 5.41) is 17.3. The predicted octanol–water partition coefficient (Wildman–Crippen LogP) is 2.70. The van der Waals surface area contributed by atoms with Crippen molar-refractivity contribution in [1.29, 1.82) is 0 Å². The van der Waals surface area contributed by atoms with Crippen LogP contribution in [0.2, 0.25) is 0 Å². The Morgan fingerprint density at radius 2 is 2.09 bits per heavy atom. The first-order valence-corrected chi connectivity index (χ1v) is 8.13. The lowest BCUT2D eigenvalue weighted by Gasteiger charge is -2.13. The number of amides is 1. The lowest BCUT2D eigenvalue weighted by molar-refractivity contribution is -0.123. The summed E-state index contributed by atoms with van der Waals surface area (Å²) in [4.78, 5) is 12.1. The normalized spacial score (nSPS) is 16.8. The van der Waals surface area contributed by atoms with Crippen molar-refractivity contribution in [3.05, 3.63) is 47.7 Å². The average Bonchev–Trinajstić information content (AvgIpc) is 3.32. The van der Waals surface area contributed by atoms with Crippen molar-refractivity contribution in [2.24, 2.45) is 5.92 Å². The average molecular weight is 313 g/mol. The molecule has 122 valence electrons. The molecular weight excluding hydrogens is 290 g/mol. The van der Waals surface area contributed by atoms with Gasteiger partial charge in [0.15, 0.2) is 5.82 Å². The Balaban J connectivity index is 1.62. The van der Waals surface area contributed by atoms with Crippen molar-refractivity contribution in [3.8, 4) is 0 Å². The summed E-state index contributed by atoms with van der Waals surface area (Å²) >= 11 is 0. The van der Waals surface area contributed by atoms with Crippen LogP contribution in [0.1, 0.15) is 37.1 Å². The molecule has 0 saturated heterocycles. The summed E-state index contributed by atoms with van der Waals surface area (Å²) in [6.07, 6.45) is 1.71. The van der Waals surface area contributed by atoms with Crippen LogP contribution in [0.25, 0.3) is 0 Å². The van der Waals surface area contributed by atoms with Crippen LogP contribution in [0.3, 0.4) is 0 Å². The molecule has 1 aliphatic carbocycles. The third kappa shape index (κ3) is 3.79. The molecule has 2 aromatic rings. The van der Waals surface area contributed by atoms with Gasteiger partial charge in [-0.2, -0.15) is 5.10 Å². The molecule has 1 unspecified atom stereocenters. The van der Waals surface area contributed by atoms with E-state index in [1.54, 1.807) is 0 Å². The van der Waals surface area contributed by atoms with Gasteiger partial charge in [-0.05, 0) is 38.2 Å². The minimum atomic E-state index is -1.08. The van der Waals surface area contributed by atoms with Gasteiger partial charge < -0.3 is 10.4 Å². The fraction of sp³-hybridized carbons (Fsp3) is 0.444. The first-order valence-electron chi connectivity index (χ1n) is 8.13. The van der Waals surface area contributed by atoms with E-state index in [4.69, 9.17) is 0 Å². The maximum Gasteiger partial charge on any atom is 0.254 e. The Labute approximate surface area is 136 Å². The Hall–Kier alpha value is -2.14. The molecule has 5 heteroatoms. The smallest absolute Gasteiger partial charge is 0.254 e. The van der Waals surface area contributed by atoms with E-state index in [0.717, 1.165) is 11.3 Å². The molecule has 0 spiro atoms. The van der Waals surface area contributed by atoms with Gasteiger partial charge in [0, 0.05) is 18.2 Å². The summed E-state index contributed by atoms with van der Waals surface area (Å²) in [5.74, 6) is 0.783. The van der Waals surface area contributed by atoms with E-state index in [1.165, 1.54) is 12.8 Å². The van der Waals surface area contributed by atoms with Crippen molar-refractivity contribution in [2.75, 3.05) is 5.32 Å². The van der Waals surface area contributed by atoms with E-state index in [-0.39, 0.29) is 0 Å². The topological polar surface area (TPSA) is 67.2 Å². The standard InChI is InChI=1S/C18H23N3O2/c1-12-10-17(20-21(12)13(2)15-8-9-15)19-18(23)16(22)11-14-6-4-3-5-7-14/h3-7,10,13,15-16,22H,8-9,11H2,1-2H3,(H,19,20,23)/t13?,16-/m0/s1. The second kappa shape index (κ2) is 6.54. The number of benzene rings is 1.